The van der Waals surface area contributed by atoms with Gasteiger partial charge in [-0.15, -0.1) is 0 Å². The molecule has 6 nitrogen and oxygen atoms in total. The van der Waals surface area contributed by atoms with Crippen molar-refractivity contribution in [3.05, 3.63) is 46.8 Å². The molecule has 0 spiro atoms. The van der Waals surface area contributed by atoms with Crippen molar-refractivity contribution in [1.29, 1.82) is 0 Å². The molecule has 0 saturated heterocycles. The van der Waals surface area contributed by atoms with Gasteiger partial charge in [0.1, 0.15) is 28.5 Å². The number of nitrogens with zero attached hydrogens (tertiary/aromatic N) is 1. The van der Waals surface area contributed by atoms with Gasteiger partial charge in [0, 0.05) is 17.7 Å². The summed E-state index contributed by atoms with van der Waals surface area (Å²) in [5.74, 6) is 2.14. The van der Waals surface area contributed by atoms with Gasteiger partial charge in [0.25, 0.3) is 5.56 Å². The number of nitrogens with one attached hydrogen (secondary N) is 1. The monoisotopic (exact) mass is 312 g/mol. The number of hydrogen-bond donors (Lipinski definition) is 1. The maximum atomic E-state index is 12.5. The van der Waals surface area contributed by atoms with Crippen LogP contribution in [-0.2, 0) is 0 Å². The molecule has 0 aliphatic heterocycles. The first kappa shape index (κ1) is 14.9. The molecule has 0 aliphatic carbocycles. The second kappa shape index (κ2) is 6.00. The quantitative estimate of drug-likeness (QED) is 0.801. The molecular formula is C17H16N2O4. The van der Waals surface area contributed by atoms with Gasteiger partial charge in [-0.1, -0.05) is 12.1 Å². The molecule has 3 rings (SSSR count). The van der Waals surface area contributed by atoms with Crippen LogP contribution in [0.1, 0.15) is 0 Å². The number of hydrogen-bond acceptors (Lipinski definition) is 5. The predicted octanol–water partition coefficient (Wildman–Crippen LogP) is 2.62. The summed E-state index contributed by atoms with van der Waals surface area (Å²) in [4.78, 5) is 19.8. The van der Waals surface area contributed by atoms with E-state index in [4.69, 9.17) is 14.2 Å². The van der Waals surface area contributed by atoms with Gasteiger partial charge in [-0.05, 0) is 12.1 Å². The maximum Gasteiger partial charge on any atom is 0.262 e. The van der Waals surface area contributed by atoms with E-state index in [1.165, 1.54) is 7.11 Å². The molecule has 1 heterocycles. The van der Waals surface area contributed by atoms with Gasteiger partial charge in [-0.25, -0.2) is 4.98 Å². The van der Waals surface area contributed by atoms with Crippen molar-refractivity contribution in [3.8, 4) is 28.6 Å². The van der Waals surface area contributed by atoms with E-state index in [0.717, 1.165) is 5.56 Å². The SMILES string of the molecule is COc1cccc(-c2nc3cc(OC)cc(OC)c3c(=O)[nH]2)c1. The fourth-order valence-electron chi connectivity index (χ4n) is 2.40. The van der Waals surface area contributed by atoms with E-state index in [-0.39, 0.29) is 5.56 Å². The Kier molecular flexibility index (Phi) is 3.89. The Balaban J connectivity index is 2.26. The third-order valence-electron chi connectivity index (χ3n) is 3.54. The van der Waals surface area contributed by atoms with Gasteiger partial charge in [-0.3, -0.25) is 4.79 Å². The van der Waals surface area contributed by atoms with Crippen LogP contribution < -0.4 is 19.8 Å². The van der Waals surface area contributed by atoms with Crippen LogP contribution in [0.5, 0.6) is 17.2 Å². The standard InChI is InChI=1S/C17H16N2O4/c1-21-11-6-4-5-10(7-11)16-18-13-8-12(22-2)9-14(23-3)15(13)17(20)19-16/h4-9H,1-3H3,(H,18,19,20). The third-order valence-corrected chi connectivity index (χ3v) is 3.54. The molecule has 0 radical (unpaired) electrons. The summed E-state index contributed by atoms with van der Waals surface area (Å²) < 4.78 is 15.7. The lowest BCUT2D eigenvalue weighted by atomic mass is 10.1. The normalized spacial score (nSPS) is 10.6. The van der Waals surface area contributed by atoms with Gasteiger partial charge < -0.3 is 19.2 Å². The first-order chi connectivity index (χ1) is 11.2. The molecule has 0 fully saturated rings. The van der Waals surface area contributed by atoms with Gasteiger partial charge in [-0.2, -0.15) is 0 Å². The van der Waals surface area contributed by atoms with E-state index in [0.29, 0.717) is 34.0 Å². The van der Waals surface area contributed by atoms with E-state index >= 15 is 0 Å². The van der Waals surface area contributed by atoms with Crippen LogP contribution in [0.25, 0.3) is 22.3 Å². The molecule has 3 aromatic rings. The lowest BCUT2D eigenvalue weighted by Gasteiger charge is -2.09. The van der Waals surface area contributed by atoms with Crippen molar-refractivity contribution in [2.75, 3.05) is 21.3 Å². The van der Waals surface area contributed by atoms with E-state index in [1.807, 2.05) is 24.3 Å². The summed E-state index contributed by atoms with van der Waals surface area (Å²) >= 11 is 0. The Labute approximate surface area is 132 Å². The van der Waals surface area contributed by atoms with Crippen LogP contribution in [0.4, 0.5) is 0 Å². The third kappa shape index (κ3) is 2.70. The summed E-state index contributed by atoms with van der Waals surface area (Å²) in [7, 11) is 4.64. The van der Waals surface area contributed by atoms with Crippen molar-refractivity contribution in [3.63, 3.8) is 0 Å². The Morgan fingerprint density at radius 1 is 0.957 bits per heavy atom. The lowest BCUT2D eigenvalue weighted by Crippen LogP contribution is -2.11. The molecule has 0 amide bonds. The summed E-state index contributed by atoms with van der Waals surface area (Å²) in [6.45, 7) is 0. The number of aromatic amines is 1. The molecular weight excluding hydrogens is 296 g/mol. The highest BCUT2D eigenvalue weighted by Crippen LogP contribution is 2.29. The maximum absolute atomic E-state index is 12.5. The second-order valence-corrected chi connectivity index (χ2v) is 4.87. The van der Waals surface area contributed by atoms with E-state index in [1.54, 1.807) is 26.4 Å². The molecule has 0 aliphatic rings. The lowest BCUT2D eigenvalue weighted by molar-refractivity contribution is 0.397. The number of H-pyrrole nitrogens is 1. The molecule has 0 saturated carbocycles. The molecule has 118 valence electrons. The second-order valence-electron chi connectivity index (χ2n) is 4.87. The highest BCUT2D eigenvalue weighted by Gasteiger charge is 2.13. The van der Waals surface area contributed by atoms with Gasteiger partial charge >= 0.3 is 0 Å². The largest absolute Gasteiger partial charge is 0.497 e. The Bertz CT molecular complexity index is 918. The van der Waals surface area contributed by atoms with Crippen molar-refractivity contribution in [2.24, 2.45) is 0 Å². The van der Waals surface area contributed by atoms with Crippen LogP contribution in [0.2, 0.25) is 0 Å². The van der Waals surface area contributed by atoms with Crippen molar-refractivity contribution < 1.29 is 14.2 Å². The predicted molar refractivity (Wildman–Crippen MR) is 87.5 cm³/mol. The van der Waals surface area contributed by atoms with Gasteiger partial charge in [0.05, 0.1) is 26.8 Å². The zero-order valence-electron chi connectivity index (χ0n) is 13.0. The summed E-state index contributed by atoms with van der Waals surface area (Å²) in [5.41, 5.74) is 0.986. The minimum atomic E-state index is -0.271. The van der Waals surface area contributed by atoms with Gasteiger partial charge in [0.15, 0.2) is 0 Å². The highest BCUT2D eigenvalue weighted by atomic mass is 16.5. The van der Waals surface area contributed by atoms with Crippen LogP contribution in [-0.4, -0.2) is 31.3 Å². The van der Waals surface area contributed by atoms with Crippen LogP contribution in [0.3, 0.4) is 0 Å². The Morgan fingerprint density at radius 2 is 1.74 bits per heavy atom. The molecule has 1 N–H and O–H groups in total. The molecule has 6 heteroatoms. The molecule has 1 aromatic heterocycles. The first-order valence-electron chi connectivity index (χ1n) is 6.96. The summed E-state index contributed by atoms with van der Waals surface area (Å²) in [5, 5.41) is 0.389. The zero-order chi connectivity index (χ0) is 16.4. The number of ether oxygens (including phenoxy) is 3. The number of fused-ring (bicyclic) bond motifs is 1. The Morgan fingerprint density at radius 3 is 2.43 bits per heavy atom. The van der Waals surface area contributed by atoms with Crippen molar-refractivity contribution in [2.45, 2.75) is 0 Å². The van der Waals surface area contributed by atoms with Crippen LogP contribution in [0.15, 0.2) is 41.2 Å². The number of aromatic nitrogens is 2. The topological polar surface area (TPSA) is 73.4 Å². The fraction of sp³-hybridized carbons (Fsp3) is 0.176. The minimum Gasteiger partial charge on any atom is -0.497 e. The zero-order valence-corrected chi connectivity index (χ0v) is 13.0. The molecule has 0 atom stereocenters. The van der Waals surface area contributed by atoms with Crippen molar-refractivity contribution in [1.82, 2.24) is 9.97 Å². The summed E-state index contributed by atoms with van der Waals surface area (Å²) in [6, 6.07) is 10.7. The average molecular weight is 312 g/mol. The summed E-state index contributed by atoms with van der Waals surface area (Å²) in [6.07, 6.45) is 0. The first-order valence-corrected chi connectivity index (χ1v) is 6.96. The highest BCUT2D eigenvalue weighted by molar-refractivity contribution is 5.87. The number of rotatable bonds is 4. The number of methoxy groups -OCH3 is 3. The molecule has 0 unspecified atom stereocenters. The number of benzene rings is 2. The van der Waals surface area contributed by atoms with Crippen LogP contribution in [0, 0.1) is 0 Å². The van der Waals surface area contributed by atoms with Gasteiger partial charge in [0.2, 0.25) is 0 Å². The minimum absolute atomic E-state index is 0.271. The van der Waals surface area contributed by atoms with Crippen molar-refractivity contribution >= 4 is 10.9 Å². The Hall–Kier alpha value is -3.02. The van der Waals surface area contributed by atoms with E-state index in [9.17, 15) is 4.79 Å². The fourth-order valence-corrected chi connectivity index (χ4v) is 2.40. The average Bonchev–Trinajstić information content (AvgIpc) is 2.60. The van der Waals surface area contributed by atoms with Crippen LogP contribution >= 0.6 is 0 Å². The van der Waals surface area contributed by atoms with E-state index < -0.39 is 0 Å². The molecule has 0 bridgehead atoms. The van der Waals surface area contributed by atoms with E-state index in [2.05, 4.69) is 9.97 Å². The molecule has 23 heavy (non-hydrogen) atoms. The molecule has 2 aromatic carbocycles. The smallest absolute Gasteiger partial charge is 0.262 e.